The van der Waals surface area contributed by atoms with Crippen LogP contribution in [0.25, 0.3) is 0 Å². The van der Waals surface area contributed by atoms with Gasteiger partial charge in [0.25, 0.3) is 0 Å². The highest BCUT2D eigenvalue weighted by molar-refractivity contribution is 7.91. The van der Waals surface area contributed by atoms with E-state index in [1.165, 1.54) is 11.1 Å². The first-order valence-corrected chi connectivity index (χ1v) is 8.28. The summed E-state index contributed by atoms with van der Waals surface area (Å²) in [5, 5.41) is 0. The van der Waals surface area contributed by atoms with Crippen LogP contribution in [0.3, 0.4) is 0 Å². The third kappa shape index (κ3) is 3.82. The van der Waals surface area contributed by atoms with Gasteiger partial charge in [-0.2, -0.15) is 0 Å². The van der Waals surface area contributed by atoms with Crippen molar-refractivity contribution in [3.63, 3.8) is 0 Å². The summed E-state index contributed by atoms with van der Waals surface area (Å²) < 4.78 is 22.8. The number of sulfone groups is 1. The Morgan fingerprint density at radius 2 is 2.00 bits per heavy atom. The van der Waals surface area contributed by atoms with Crippen LogP contribution < -0.4 is 5.73 Å². The van der Waals surface area contributed by atoms with Crippen molar-refractivity contribution in [1.29, 1.82) is 0 Å². The van der Waals surface area contributed by atoms with Gasteiger partial charge >= 0.3 is 0 Å². The fourth-order valence-electron chi connectivity index (χ4n) is 2.60. The number of rotatable bonds is 4. The van der Waals surface area contributed by atoms with Gasteiger partial charge in [-0.05, 0) is 37.7 Å². The second-order valence-electron chi connectivity index (χ2n) is 5.45. The molecule has 2 rings (SSSR count). The van der Waals surface area contributed by atoms with Gasteiger partial charge in [0.05, 0.1) is 11.5 Å². The van der Waals surface area contributed by atoms with Gasteiger partial charge in [-0.25, -0.2) is 8.42 Å². The summed E-state index contributed by atoms with van der Waals surface area (Å²) in [6.45, 7) is 2.06. The lowest BCUT2D eigenvalue weighted by Gasteiger charge is -2.15. The van der Waals surface area contributed by atoms with Gasteiger partial charge in [-0.3, -0.25) is 0 Å². The van der Waals surface area contributed by atoms with Crippen LogP contribution in [0.15, 0.2) is 24.3 Å². The molecular formula is C14H21NO2S. The molecule has 2 atom stereocenters. The zero-order valence-corrected chi connectivity index (χ0v) is 11.6. The zero-order chi connectivity index (χ0) is 13.2. The van der Waals surface area contributed by atoms with E-state index >= 15 is 0 Å². The van der Waals surface area contributed by atoms with E-state index in [4.69, 9.17) is 5.73 Å². The molecule has 0 aliphatic carbocycles. The molecule has 0 amide bonds. The van der Waals surface area contributed by atoms with Crippen LogP contribution in [-0.4, -0.2) is 26.0 Å². The second kappa shape index (κ2) is 5.41. The molecule has 0 radical (unpaired) electrons. The minimum Gasteiger partial charge on any atom is -0.327 e. The van der Waals surface area contributed by atoms with E-state index in [0.29, 0.717) is 11.5 Å². The van der Waals surface area contributed by atoms with E-state index in [-0.39, 0.29) is 12.0 Å². The van der Waals surface area contributed by atoms with Gasteiger partial charge in [-0.1, -0.05) is 29.8 Å². The lowest BCUT2D eigenvalue weighted by atomic mass is 9.95. The SMILES string of the molecule is Cc1ccc(CC(N)CC2CCS(=O)(=O)C2)cc1. The smallest absolute Gasteiger partial charge is 0.150 e. The minimum atomic E-state index is -2.78. The summed E-state index contributed by atoms with van der Waals surface area (Å²) in [5.41, 5.74) is 8.59. The van der Waals surface area contributed by atoms with Crippen LogP contribution in [0.4, 0.5) is 0 Å². The molecule has 4 heteroatoms. The fraction of sp³-hybridized carbons (Fsp3) is 0.571. The molecule has 1 aromatic carbocycles. The van der Waals surface area contributed by atoms with Crippen molar-refractivity contribution in [2.24, 2.45) is 11.7 Å². The van der Waals surface area contributed by atoms with Crippen molar-refractivity contribution in [3.8, 4) is 0 Å². The summed E-state index contributed by atoms with van der Waals surface area (Å²) >= 11 is 0. The van der Waals surface area contributed by atoms with Gasteiger partial charge in [0.2, 0.25) is 0 Å². The Morgan fingerprint density at radius 3 is 2.56 bits per heavy atom. The first kappa shape index (κ1) is 13.6. The molecule has 0 bridgehead atoms. The van der Waals surface area contributed by atoms with Crippen molar-refractivity contribution in [2.45, 2.75) is 32.2 Å². The molecule has 1 aromatic rings. The van der Waals surface area contributed by atoms with E-state index in [2.05, 4.69) is 31.2 Å². The molecule has 100 valence electrons. The van der Waals surface area contributed by atoms with E-state index in [9.17, 15) is 8.42 Å². The standard InChI is InChI=1S/C14H21NO2S/c1-11-2-4-12(5-3-11)8-14(15)9-13-6-7-18(16,17)10-13/h2-5,13-14H,6-10,15H2,1H3. The third-order valence-corrected chi connectivity index (χ3v) is 5.42. The summed E-state index contributed by atoms with van der Waals surface area (Å²) in [6.07, 6.45) is 2.42. The zero-order valence-electron chi connectivity index (χ0n) is 10.8. The fourth-order valence-corrected chi connectivity index (χ4v) is 4.48. The minimum absolute atomic E-state index is 0.0611. The number of benzene rings is 1. The lowest BCUT2D eigenvalue weighted by Crippen LogP contribution is -2.26. The predicted octanol–water partition coefficient (Wildman–Crippen LogP) is 1.69. The lowest BCUT2D eigenvalue weighted by molar-refractivity contribution is 0.468. The van der Waals surface area contributed by atoms with Crippen molar-refractivity contribution < 1.29 is 8.42 Å². The maximum atomic E-state index is 11.4. The Labute approximate surface area is 109 Å². The molecular weight excluding hydrogens is 246 g/mol. The highest BCUT2D eigenvalue weighted by Gasteiger charge is 2.28. The largest absolute Gasteiger partial charge is 0.327 e. The molecule has 1 fully saturated rings. The van der Waals surface area contributed by atoms with Crippen LogP contribution in [0.2, 0.25) is 0 Å². The van der Waals surface area contributed by atoms with Crippen molar-refractivity contribution in [2.75, 3.05) is 11.5 Å². The average Bonchev–Trinajstić information content (AvgIpc) is 2.61. The van der Waals surface area contributed by atoms with E-state index in [0.717, 1.165) is 19.3 Å². The molecule has 1 saturated heterocycles. The Bertz CT molecular complexity index is 493. The summed E-state index contributed by atoms with van der Waals surface area (Å²) in [7, 11) is -2.78. The first-order chi connectivity index (χ1) is 8.44. The third-order valence-electron chi connectivity index (χ3n) is 3.58. The number of nitrogens with two attached hydrogens (primary N) is 1. The average molecular weight is 267 g/mol. The Morgan fingerprint density at radius 1 is 1.33 bits per heavy atom. The summed E-state index contributed by atoms with van der Waals surface area (Å²) in [4.78, 5) is 0. The molecule has 0 aromatic heterocycles. The highest BCUT2D eigenvalue weighted by Crippen LogP contribution is 2.23. The van der Waals surface area contributed by atoms with Crippen LogP contribution in [-0.2, 0) is 16.3 Å². The molecule has 3 nitrogen and oxygen atoms in total. The van der Waals surface area contributed by atoms with Crippen molar-refractivity contribution in [1.82, 2.24) is 0 Å². The Kier molecular flexibility index (Phi) is 4.07. The van der Waals surface area contributed by atoms with Crippen molar-refractivity contribution >= 4 is 9.84 Å². The van der Waals surface area contributed by atoms with E-state index < -0.39 is 9.84 Å². The number of hydrogen-bond donors (Lipinski definition) is 1. The topological polar surface area (TPSA) is 60.2 Å². The van der Waals surface area contributed by atoms with Crippen LogP contribution in [0, 0.1) is 12.8 Å². The normalized spacial score (nSPS) is 24.0. The Hall–Kier alpha value is -0.870. The van der Waals surface area contributed by atoms with Crippen molar-refractivity contribution in [3.05, 3.63) is 35.4 Å². The molecule has 1 aliphatic heterocycles. The van der Waals surface area contributed by atoms with Crippen LogP contribution in [0.5, 0.6) is 0 Å². The number of aryl methyl sites for hydroxylation is 1. The molecule has 1 heterocycles. The Balaban J connectivity index is 1.86. The molecule has 18 heavy (non-hydrogen) atoms. The molecule has 0 saturated carbocycles. The van der Waals surface area contributed by atoms with E-state index in [1.807, 2.05) is 0 Å². The maximum absolute atomic E-state index is 11.4. The molecule has 2 N–H and O–H groups in total. The van der Waals surface area contributed by atoms with Gasteiger partial charge in [0.15, 0.2) is 9.84 Å². The van der Waals surface area contributed by atoms with Crippen LogP contribution >= 0.6 is 0 Å². The highest BCUT2D eigenvalue weighted by atomic mass is 32.2. The first-order valence-electron chi connectivity index (χ1n) is 6.46. The molecule has 1 aliphatic rings. The monoisotopic (exact) mass is 267 g/mol. The molecule has 0 spiro atoms. The number of hydrogen-bond acceptors (Lipinski definition) is 3. The molecule has 2 unspecified atom stereocenters. The van der Waals surface area contributed by atoms with Gasteiger partial charge in [0, 0.05) is 6.04 Å². The maximum Gasteiger partial charge on any atom is 0.150 e. The van der Waals surface area contributed by atoms with Gasteiger partial charge in [0.1, 0.15) is 0 Å². The van der Waals surface area contributed by atoms with Gasteiger partial charge < -0.3 is 5.73 Å². The second-order valence-corrected chi connectivity index (χ2v) is 7.68. The summed E-state index contributed by atoms with van der Waals surface area (Å²) in [5.74, 6) is 0.930. The van der Waals surface area contributed by atoms with E-state index in [1.54, 1.807) is 0 Å². The predicted molar refractivity (Wildman–Crippen MR) is 74.2 cm³/mol. The quantitative estimate of drug-likeness (QED) is 0.903. The van der Waals surface area contributed by atoms with Crippen LogP contribution in [0.1, 0.15) is 24.0 Å². The summed E-state index contributed by atoms with van der Waals surface area (Å²) in [6, 6.07) is 8.43. The van der Waals surface area contributed by atoms with Gasteiger partial charge in [-0.15, -0.1) is 0 Å².